The van der Waals surface area contributed by atoms with Gasteiger partial charge in [-0.3, -0.25) is 0 Å². The molecule has 5 nitrogen and oxygen atoms in total. The average Bonchev–Trinajstić information content (AvgIpc) is 2.19. The van der Waals surface area contributed by atoms with Crippen molar-refractivity contribution in [3.63, 3.8) is 0 Å². The monoisotopic (exact) mass is 179 g/mol. The average molecular weight is 179 g/mol. The third-order valence-corrected chi connectivity index (χ3v) is 2.12. The molecule has 1 fully saturated rings. The van der Waals surface area contributed by atoms with E-state index in [1.807, 2.05) is 0 Å². The zero-order chi connectivity index (χ0) is 9.10. The fourth-order valence-corrected chi connectivity index (χ4v) is 1.50. The van der Waals surface area contributed by atoms with Gasteiger partial charge in [-0.1, -0.05) is 0 Å². The molecule has 70 valence electrons. The smallest absolute Gasteiger partial charge is 0.245 e. The Morgan fingerprint density at radius 3 is 3.15 bits per heavy atom. The first-order valence-corrected chi connectivity index (χ1v) is 4.48. The minimum atomic E-state index is 0.498. The lowest BCUT2D eigenvalue weighted by Crippen LogP contribution is -2.49. The van der Waals surface area contributed by atoms with Crippen LogP contribution in [0, 0.1) is 0 Å². The fraction of sp³-hybridized carbons (Fsp3) is 0.625. The molecular formula is C8H13N5. The molecule has 0 radical (unpaired) electrons. The topological polar surface area (TPSA) is 53.9 Å². The van der Waals surface area contributed by atoms with Crippen molar-refractivity contribution in [2.45, 2.75) is 13.0 Å². The van der Waals surface area contributed by atoms with Crippen LogP contribution in [-0.4, -0.2) is 40.9 Å². The Morgan fingerprint density at radius 1 is 1.54 bits per heavy atom. The second-order valence-electron chi connectivity index (χ2n) is 3.24. The van der Waals surface area contributed by atoms with Gasteiger partial charge in [-0.15, -0.1) is 5.10 Å². The normalized spacial score (nSPS) is 23.2. The molecular weight excluding hydrogens is 166 g/mol. The van der Waals surface area contributed by atoms with Gasteiger partial charge in [-0.05, 0) is 6.92 Å². The van der Waals surface area contributed by atoms with Crippen LogP contribution in [0.1, 0.15) is 6.92 Å². The number of anilines is 1. The van der Waals surface area contributed by atoms with Crippen LogP contribution in [-0.2, 0) is 0 Å². The largest absolute Gasteiger partial charge is 0.337 e. The van der Waals surface area contributed by atoms with Crippen LogP contribution in [0.2, 0.25) is 0 Å². The molecule has 1 N–H and O–H groups in total. The van der Waals surface area contributed by atoms with Crippen LogP contribution in [0.4, 0.5) is 5.95 Å². The summed E-state index contributed by atoms with van der Waals surface area (Å²) in [6, 6.07) is 0.498. The number of aromatic nitrogens is 3. The molecule has 1 unspecified atom stereocenters. The number of hydrogen-bond donors (Lipinski definition) is 1. The van der Waals surface area contributed by atoms with Gasteiger partial charge in [-0.2, -0.15) is 5.10 Å². The Balaban J connectivity index is 2.08. The summed E-state index contributed by atoms with van der Waals surface area (Å²) in [7, 11) is 0. The van der Waals surface area contributed by atoms with E-state index in [2.05, 4.69) is 32.3 Å². The predicted molar refractivity (Wildman–Crippen MR) is 49.5 cm³/mol. The number of hydrogen-bond acceptors (Lipinski definition) is 5. The summed E-state index contributed by atoms with van der Waals surface area (Å²) < 4.78 is 0. The van der Waals surface area contributed by atoms with Crippen LogP contribution < -0.4 is 10.2 Å². The van der Waals surface area contributed by atoms with Crippen LogP contribution in [0.5, 0.6) is 0 Å². The summed E-state index contributed by atoms with van der Waals surface area (Å²) in [6.45, 7) is 5.05. The fourth-order valence-electron chi connectivity index (χ4n) is 1.50. The van der Waals surface area contributed by atoms with Crippen LogP contribution in [0.15, 0.2) is 12.4 Å². The molecule has 1 aliphatic rings. The van der Waals surface area contributed by atoms with Crippen molar-refractivity contribution in [3.8, 4) is 0 Å². The SMILES string of the molecule is CC1CN(c2nccnn2)CCN1. The van der Waals surface area contributed by atoms with Gasteiger partial charge in [0.15, 0.2) is 0 Å². The molecule has 1 aliphatic heterocycles. The summed E-state index contributed by atoms with van der Waals surface area (Å²) in [5.74, 6) is 0.732. The van der Waals surface area contributed by atoms with Crippen LogP contribution in [0.3, 0.4) is 0 Å². The summed E-state index contributed by atoms with van der Waals surface area (Å²) in [6.07, 6.45) is 3.27. The third kappa shape index (κ3) is 1.92. The summed E-state index contributed by atoms with van der Waals surface area (Å²) in [5.41, 5.74) is 0. The number of rotatable bonds is 1. The van der Waals surface area contributed by atoms with E-state index in [0.29, 0.717) is 6.04 Å². The van der Waals surface area contributed by atoms with Crippen molar-refractivity contribution < 1.29 is 0 Å². The third-order valence-electron chi connectivity index (χ3n) is 2.12. The highest BCUT2D eigenvalue weighted by atomic mass is 15.3. The first-order valence-electron chi connectivity index (χ1n) is 4.48. The maximum absolute atomic E-state index is 4.16. The number of piperazine rings is 1. The van der Waals surface area contributed by atoms with E-state index < -0.39 is 0 Å². The Hall–Kier alpha value is -1.23. The first kappa shape index (κ1) is 8.37. The number of nitrogens with one attached hydrogen (secondary N) is 1. The molecule has 0 saturated carbocycles. The van der Waals surface area contributed by atoms with Crippen LogP contribution >= 0.6 is 0 Å². The maximum Gasteiger partial charge on any atom is 0.245 e. The quantitative estimate of drug-likeness (QED) is 0.639. The molecule has 0 aliphatic carbocycles. The van der Waals surface area contributed by atoms with E-state index in [9.17, 15) is 0 Å². The predicted octanol–water partition coefficient (Wildman–Crippen LogP) is -0.330. The van der Waals surface area contributed by atoms with Crippen molar-refractivity contribution in [2.75, 3.05) is 24.5 Å². The molecule has 0 amide bonds. The lowest BCUT2D eigenvalue weighted by atomic mass is 10.2. The van der Waals surface area contributed by atoms with E-state index in [-0.39, 0.29) is 0 Å². The molecule has 1 aromatic rings. The molecule has 2 rings (SSSR count). The van der Waals surface area contributed by atoms with Gasteiger partial charge in [0.1, 0.15) is 0 Å². The minimum Gasteiger partial charge on any atom is -0.337 e. The Bertz CT molecular complexity index is 262. The van der Waals surface area contributed by atoms with Gasteiger partial charge >= 0.3 is 0 Å². The Labute approximate surface area is 77.2 Å². The van der Waals surface area contributed by atoms with Gasteiger partial charge in [0, 0.05) is 25.7 Å². The summed E-state index contributed by atoms with van der Waals surface area (Å²) in [5, 5.41) is 11.1. The molecule has 1 saturated heterocycles. The second-order valence-corrected chi connectivity index (χ2v) is 3.24. The van der Waals surface area contributed by atoms with Crippen molar-refractivity contribution >= 4 is 5.95 Å². The molecule has 13 heavy (non-hydrogen) atoms. The highest BCUT2D eigenvalue weighted by Crippen LogP contribution is 2.06. The first-order chi connectivity index (χ1) is 6.36. The van der Waals surface area contributed by atoms with Gasteiger partial charge in [0.2, 0.25) is 5.95 Å². The van der Waals surface area contributed by atoms with Crippen LogP contribution in [0.25, 0.3) is 0 Å². The Morgan fingerprint density at radius 2 is 2.46 bits per heavy atom. The standard InChI is InChI=1S/C8H13N5/c1-7-6-13(5-4-9-7)8-10-2-3-11-12-8/h2-3,7,9H,4-6H2,1H3. The molecule has 2 heterocycles. The molecule has 0 spiro atoms. The van der Waals surface area contributed by atoms with E-state index in [1.54, 1.807) is 12.4 Å². The molecule has 5 heteroatoms. The lowest BCUT2D eigenvalue weighted by Gasteiger charge is -2.31. The van der Waals surface area contributed by atoms with Crippen molar-refractivity contribution in [3.05, 3.63) is 12.4 Å². The second kappa shape index (κ2) is 3.66. The van der Waals surface area contributed by atoms with Gasteiger partial charge < -0.3 is 10.2 Å². The van der Waals surface area contributed by atoms with Crippen molar-refractivity contribution in [1.29, 1.82) is 0 Å². The van der Waals surface area contributed by atoms with Crippen molar-refractivity contribution in [1.82, 2.24) is 20.5 Å². The Kier molecular flexibility index (Phi) is 2.35. The molecule has 1 aromatic heterocycles. The zero-order valence-corrected chi connectivity index (χ0v) is 7.64. The number of nitrogens with zero attached hydrogens (tertiary/aromatic N) is 4. The summed E-state index contributed by atoms with van der Waals surface area (Å²) in [4.78, 5) is 6.31. The van der Waals surface area contributed by atoms with Gasteiger partial charge in [-0.25, -0.2) is 4.98 Å². The van der Waals surface area contributed by atoms with E-state index in [1.165, 1.54) is 0 Å². The highest BCUT2D eigenvalue weighted by Gasteiger charge is 2.17. The minimum absolute atomic E-state index is 0.498. The van der Waals surface area contributed by atoms with Gasteiger partial charge in [0.05, 0.1) is 12.4 Å². The molecule has 1 atom stereocenters. The molecule has 0 bridgehead atoms. The molecule has 0 aromatic carbocycles. The zero-order valence-electron chi connectivity index (χ0n) is 7.64. The van der Waals surface area contributed by atoms with E-state index in [0.717, 1.165) is 25.6 Å². The van der Waals surface area contributed by atoms with Crippen molar-refractivity contribution in [2.24, 2.45) is 0 Å². The van der Waals surface area contributed by atoms with E-state index >= 15 is 0 Å². The lowest BCUT2D eigenvalue weighted by molar-refractivity contribution is 0.478. The highest BCUT2D eigenvalue weighted by molar-refractivity contribution is 5.28. The maximum atomic E-state index is 4.16. The summed E-state index contributed by atoms with van der Waals surface area (Å²) >= 11 is 0. The van der Waals surface area contributed by atoms with Gasteiger partial charge in [0.25, 0.3) is 0 Å². The van der Waals surface area contributed by atoms with E-state index in [4.69, 9.17) is 0 Å².